The largest absolute Gasteiger partial charge is 0.461 e. The maximum Gasteiger partial charge on any atom is 0.342 e. The van der Waals surface area contributed by atoms with Crippen LogP contribution in [0.15, 0.2) is 14.6 Å². The standard InChI is InChI=1S/C15H23N3O4S/c1-8(2)10-5-4-9(3)6-11(10)22-12(19)7-23-14-13(20)16-15(21)18-17-14/h8-11H,4-7H2,1-3H3,(H2,16,18,20,21)/t9-,10-,11-/m0/s1. The summed E-state index contributed by atoms with van der Waals surface area (Å²) in [6.45, 7) is 6.48. The molecule has 0 aliphatic heterocycles. The number of hydrogen-bond donors (Lipinski definition) is 2. The molecule has 0 unspecified atom stereocenters. The van der Waals surface area contributed by atoms with Crippen LogP contribution < -0.4 is 11.2 Å². The van der Waals surface area contributed by atoms with Crippen molar-refractivity contribution in [3.63, 3.8) is 0 Å². The smallest absolute Gasteiger partial charge is 0.342 e. The van der Waals surface area contributed by atoms with Crippen LogP contribution in [0.25, 0.3) is 0 Å². The van der Waals surface area contributed by atoms with Gasteiger partial charge >= 0.3 is 11.7 Å². The highest BCUT2D eigenvalue weighted by Gasteiger charge is 2.33. The number of nitrogens with zero attached hydrogens (tertiary/aromatic N) is 1. The van der Waals surface area contributed by atoms with E-state index in [1.165, 1.54) is 6.42 Å². The summed E-state index contributed by atoms with van der Waals surface area (Å²) in [5.74, 6) is 1.05. The molecular formula is C15H23N3O4S. The van der Waals surface area contributed by atoms with Crippen LogP contribution in [0.2, 0.25) is 0 Å². The van der Waals surface area contributed by atoms with Crippen LogP contribution >= 0.6 is 11.8 Å². The first-order valence-corrected chi connectivity index (χ1v) is 8.86. The molecule has 2 N–H and O–H groups in total. The van der Waals surface area contributed by atoms with Gasteiger partial charge in [-0.15, -0.1) is 0 Å². The Bertz CT molecular complexity index is 655. The number of thioether (sulfide) groups is 1. The third kappa shape index (κ3) is 4.95. The molecule has 2 rings (SSSR count). The van der Waals surface area contributed by atoms with Crippen LogP contribution in [0.3, 0.4) is 0 Å². The van der Waals surface area contributed by atoms with E-state index in [0.717, 1.165) is 24.6 Å². The minimum absolute atomic E-state index is 0.00216. The maximum absolute atomic E-state index is 12.1. The maximum atomic E-state index is 12.1. The van der Waals surface area contributed by atoms with Crippen LogP contribution in [0.1, 0.15) is 40.0 Å². The van der Waals surface area contributed by atoms with E-state index in [9.17, 15) is 14.4 Å². The van der Waals surface area contributed by atoms with Gasteiger partial charge in [-0.25, -0.2) is 9.89 Å². The highest BCUT2D eigenvalue weighted by Crippen LogP contribution is 2.35. The van der Waals surface area contributed by atoms with Gasteiger partial charge in [-0.3, -0.25) is 14.6 Å². The van der Waals surface area contributed by atoms with Crippen molar-refractivity contribution in [3.8, 4) is 0 Å². The Morgan fingerprint density at radius 2 is 2.13 bits per heavy atom. The molecule has 1 saturated carbocycles. The van der Waals surface area contributed by atoms with Crippen molar-refractivity contribution in [2.45, 2.75) is 51.2 Å². The van der Waals surface area contributed by atoms with Gasteiger partial charge in [0.2, 0.25) is 0 Å². The molecule has 3 atom stereocenters. The second-order valence-electron chi connectivity index (χ2n) is 6.46. The molecule has 1 fully saturated rings. The molecule has 0 radical (unpaired) electrons. The number of aromatic amines is 2. The number of ether oxygens (including phenoxy) is 1. The zero-order valence-corrected chi connectivity index (χ0v) is 14.4. The molecule has 1 heterocycles. The fourth-order valence-electron chi connectivity index (χ4n) is 3.02. The fourth-order valence-corrected chi connectivity index (χ4v) is 3.63. The average molecular weight is 341 g/mol. The van der Waals surface area contributed by atoms with E-state index < -0.39 is 11.2 Å². The zero-order chi connectivity index (χ0) is 17.0. The molecule has 1 aliphatic rings. The van der Waals surface area contributed by atoms with Gasteiger partial charge in [0.25, 0.3) is 5.56 Å². The normalized spacial score (nSPS) is 24.6. The monoisotopic (exact) mass is 341 g/mol. The Morgan fingerprint density at radius 3 is 2.78 bits per heavy atom. The van der Waals surface area contributed by atoms with E-state index in [-0.39, 0.29) is 22.9 Å². The van der Waals surface area contributed by atoms with E-state index >= 15 is 0 Å². The first kappa shape index (κ1) is 17.8. The summed E-state index contributed by atoms with van der Waals surface area (Å²) >= 11 is 0.963. The number of hydrogen-bond acceptors (Lipinski definition) is 6. The summed E-state index contributed by atoms with van der Waals surface area (Å²) in [6.07, 6.45) is 3.07. The van der Waals surface area contributed by atoms with Gasteiger partial charge in [-0.1, -0.05) is 39.0 Å². The van der Waals surface area contributed by atoms with E-state index in [4.69, 9.17) is 4.74 Å². The number of aromatic nitrogens is 3. The highest BCUT2D eigenvalue weighted by molar-refractivity contribution is 7.99. The van der Waals surface area contributed by atoms with Gasteiger partial charge in [0, 0.05) is 0 Å². The quantitative estimate of drug-likeness (QED) is 0.622. The molecule has 128 valence electrons. The van der Waals surface area contributed by atoms with E-state index in [2.05, 4.69) is 36.0 Å². The van der Waals surface area contributed by atoms with Crippen LogP contribution in [0.4, 0.5) is 0 Å². The molecule has 0 aromatic carbocycles. The molecule has 0 saturated heterocycles. The van der Waals surface area contributed by atoms with Crippen molar-refractivity contribution in [3.05, 3.63) is 20.8 Å². The zero-order valence-electron chi connectivity index (χ0n) is 13.6. The van der Waals surface area contributed by atoms with Crippen LogP contribution in [0.5, 0.6) is 0 Å². The Hall–Kier alpha value is -1.57. The lowest BCUT2D eigenvalue weighted by atomic mass is 9.75. The second kappa shape index (κ2) is 7.81. The summed E-state index contributed by atoms with van der Waals surface area (Å²) in [6, 6.07) is 0. The summed E-state index contributed by atoms with van der Waals surface area (Å²) in [7, 11) is 0. The molecule has 1 aromatic rings. The van der Waals surface area contributed by atoms with Gasteiger partial charge < -0.3 is 4.74 Å². The molecule has 0 bridgehead atoms. The molecule has 8 heteroatoms. The Labute approximate surface area is 138 Å². The summed E-state index contributed by atoms with van der Waals surface area (Å²) in [5.41, 5.74) is -1.27. The van der Waals surface area contributed by atoms with Gasteiger partial charge in [-0.2, -0.15) is 5.10 Å². The van der Waals surface area contributed by atoms with Gasteiger partial charge in [0.1, 0.15) is 6.10 Å². The third-order valence-electron chi connectivity index (χ3n) is 4.25. The fraction of sp³-hybridized carbons (Fsp3) is 0.733. The van der Waals surface area contributed by atoms with Crippen molar-refractivity contribution in [2.24, 2.45) is 17.8 Å². The number of carbonyl (C=O) groups excluding carboxylic acids is 1. The lowest BCUT2D eigenvalue weighted by Gasteiger charge is -2.36. The summed E-state index contributed by atoms with van der Waals surface area (Å²) < 4.78 is 5.65. The van der Waals surface area contributed by atoms with Gasteiger partial charge in [0.05, 0.1) is 5.75 Å². The lowest BCUT2D eigenvalue weighted by Crippen LogP contribution is -2.36. The number of esters is 1. The van der Waals surface area contributed by atoms with Crippen LogP contribution in [-0.2, 0) is 9.53 Å². The van der Waals surface area contributed by atoms with E-state index in [0.29, 0.717) is 17.8 Å². The van der Waals surface area contributed by atoms with Gasteiger partial charge in [0.15, 0.2) is 5.03 Å². The molecule has 1 aliphatic carbocycles. The highest BCUT2D eigenvalue weighted by atomic mass is 32.2. The van der Waals surface area contributed by atoms with E-state index in [1.54, 1.807) is 0 Å². The number of nitrogens with one attached hydrogen (secondary N) is 2. The molecule has 23 heavy (non-hydrogen) atoms. The topological polar surface area (TPSA) is 105 Å². The molecular weight excluding hydrogens is 318 g/mol. The van der Waals surface area contributed by atoms with E-state index in [1.807, 2.05) is 0 Å². The van der Waals surface area contributed by atoms with Crippen molar-refractivity contribution in [1.82, 2.24) is 15.2 Å². The molecule has 0 amide bonds. The summed E-state index contributed by atoms with van der Waals surface area (Å²) in [4.78, 5) is 36.6. The SMILES string of the molecule is CC(C)[C@@H]1CC[C@H](C)C[C@@H]1OC(=O)CSc1n[nH]c(=O)[nH]c1=O. The number of rotatable bonds is 5. The molecule has 1 aromatic heterocycles. The van der Waals surface area contributed by atoms with Crippen LogP contribution in [0, 0.1) is 17.8 Å². The number of carbonyl (C=O) groups is 1. The number of H-pyrrole nitrogens is 2. The predicted octanol–water partition coefficient (Wildman–Crippen LogP) is 1.55. The summed E-state index contributed by atoms with van der Waals surface area (Å²) in [5, 5.41) is 5.82. The molecule has 7 nitrogen and oxygen atoms in total. The van der Waals surface area contributed by atoms with Crippen molar-refractivity contribution < 1.29 is 9.53 Å². The Balaban J connectivity index is 1.92. The Kier molecular flexibility index (Phi) is 6.04. The molecule has 0 spiro atoms. The lowest BCUT2D eigenvalue weighted by molar-refractivity contribution is -0.152. The van der Waals surface area contributed by atoms with Crippen molar-refractivity contribution in [1.29, 1.82) is 0 Å². The van der Waals surface area contributed by atoms with Gasteiger partial charge in [-0.05, 0) is 30.6 Å². The second-order valence-corrected chi connectivity index (χ2v) is 7.42. The first-order valence-electron chi connectivity index (χ1n) is 7.88. The Morgan fingerprint density at radius 1 is 1.39 bits per heavy atom. The van der Waals surface area contributed by atoms with Crippen molar-refractivity contribution >= 4 is 17.7 Å². The predicted molar refractivity (Wildman–Crippen MR) is 87.4 cm³/mol. The third-order valence-corrected chi connectivity index (χ3v) is 5.18. The first-order chi connectivity index (χ1) is 10.9. The van der Waals surface area contributed by atoms with Crippen LogP contribution in [-0.4, -0.2) is 33.0 Å². The average Bonchev–Trinajstić information content (AvgIpc) is 2.46. The van der Waals surface area contributed by atoms with Crippen molar-refractivity contribution in [2.75, 3.05) is 5.75 Å². The minimum Gasteiger partial charge on any atom is -0.461 e. The minimum atomic E-state index is -0.669.